The van der Waals surface area contributed by atoms with E-state index in [9.17, 15) is 24.9 Å². The van der Waals surface area contributed by atoms with Crippen LogP contribution >= 0.6 is 0 Å². The molecule has 0 heterocycles. The standard InChI is InChI=1S/C16H12O6/c1-6-3-7-8(4-9(6)17)15(20)13-12(14(7)19)10(18)5-11(22-2)16(13)21/h3-5,17-18,21H,1-2H3. The Bertz CT molecular complexity index is 850. The van der Waals surface area contributed by atoms with Crippen LogP contribution in [0, 0.1) is 6.92 Å². The van der Waals surface area contributed by atoms with Crippen LogP contribution in [0.15, 0.2) is 18.2 Å². The molecule has 22 heavy (non-hydrogen) atoms. The highest BCUT2D eigenvalue weighted by Gasteiger charge is 2.36. The highest BCUT2D eigenvalue weighted by Crippen LogP contribution is 2.44. The van der Waals surface area contributed by atoms with Crippen LogP contribution in [-0.4, -0.2) is 34.0 Å². The Morgan fingerprint density at radius 2 is 1.45 bits per heavy atom. The lowest BCUT2D eigenvalue weighted by Gasteiger charge is -2.21. The molecule has 0 aromatic heterocycles. The third-order valence-corrected chi connectivity index (χ3v) is 3.74. The monoisotopic (exact) mass is 300 g/mol. The minimum absolute atomic E-state index is 0.0245. The van der Waals surface area contributed by atoms with Crippen molar-refractivity contribution in [1.82, 2.24) is 0 Å². The van der Waals surface area contributed by atoms with Gasteiger partial charge in [-0.15, -0.1) is 0 Å². The number of phenols is 3. The Hall–Kier alpha value is -3.02. The number of rotatable bonds is 1. The largest absolute Gasteiger partial charge is 0.508 e. The summed E-state index contributed by atoms with van der Waals surface area (Å²) in [7, 11) is 1.26. The Morgan fingerprint density at radius 3 is 2.09 bits per heavy atom. The summed E-state index contributed by atoms with van der Waals surface area (Å²) in [4.78, 5) is 25.1. The topological polar surface area (TPSA) is 104 Å². The van der Waals surface area contributed by atoms with Crippen LogP contribution in [0.5, 0.6) is 23.0 Å². The molecule has 6 nitrogen and oxygen atoms in total. The van der Waals surface area contributed by atoms with Crippen molar-refractivity contribution in [2.45, 2.75) is 6.92 Å². The summed E-state index contributed by atoms with van der Waals surface area (Å²) < 4.78 is 4.88. The molecule has 0 aliphatic heterocycles. The molecule has 6 heteroatoms. The fourth-order valence-corrected chi connectivity index (χ4v) is 2.58. The maximum absolute atomic E-state index is 12.6. The van der Waals surface area contributed by atoms with Gasteiger partial charge < -0.3 is 20.1 Å². The van der Waals surface area contributed by atoms with Crippen molar-refractivity contribution < 1.29 is 29.6 Å². The van der Waals surface area contributed by atoms with Gasteiger partial charge in [0.2, 0.25) is 0 Å². The molecule has 0 amide bonds. The van der Waals surface area contributed by atoms with Crippen molar-refractivity contribution in [2.75, 3.05) is 7.11 Å². The van der Waals surface area contributed by atoms with Crippen molar-refractivity contribution in [3.05, 3.63) is 46.0 Å². The van der Waals surface area contributed by atoms with Gasteiger partial charge in [-0.1, -0.05) is 0 Å². The van der Waals surface area contributed by atoms with E-state index in [1.165, 1.54) is 19.2 Å². The van der Waals surface area contributed by atoms with Gasteiger partial charge in [-0.2, -0.15) is 0 Å². The smallest absolute Gasteiger partial charge is 0.198 e. The fourth-order valence-electron chi connectivity index (χ4n) is 2.58. The lowest BCUT2D eigenvalue weighted by molar-refractivity contribution is 0.0973. The molecule has 3 N–H and O–H groups in total. The molecule has 0 spiro atoms. The van der Waals surface area contributed by atoms with Crippen LogP contribution in [0.1, 0.15) is 37.4 Å². The maximum Gasteiger partial charge on any atom is 0.198 e. The predicted molar refractivity (Wildman–Crippen MR) is 76.0 cm³/mol. The Balaban J connectivity index is 2.38. The number of methoxy groups -OCH3 is 1. The molecular formula is C16H12O6. The van der Waals surface area contributed by atoms with Crippen LogP contribution in [0.2, 0.25) is 0 Å². The zero-order chi connectivity index (χ0) is 16.2. The molecular weight excluding hydrogens is 288 g/mol. The summed E-state index contributed by atoms with van der Waals surface area (Å²) in [5.41, 5.74) is -0.102. The first-order chi connectivity index (χ1) is 10.4. The SMILES string of the molecule is COc1cc(O)c2c(c1O)C(=O)c1cc(O)c(C)cc1C2=O. The molecule has 112 valence electrons. The Kier molecular flexibility index (Phi) is 2.84. The van der Waals surface area contributed by atoms with E-state index in [0.717, 1.165) is 6.07 Å². The van der Waals surface area contributed by atoms with Gasteiger partial charge in [0.15, 0.2) is 23.1 Å². The summed E-state index contributed by atoms with van der Waals surface area (Å²) in [5, 5.41) is 29.9. The number of phenolic OH excluding ortho intramolecular Hbond substituents is 3. The lowest BCUT2D eigenvalue weighted by atomic mass is 9.82. The van der Waals surface area contributed by atoms with E-state index in [2.05, 4.69) is 0 Å². The number of ketones is 2. The van der Waals surface area contributed by atoms with Crippen LogP contribution in [0.3, 0.4) is 0 Å². The second-order valence-corrected chi connectivity index (χ2v) is 5.04. The lowest BCUT2D eigenvalue weighted by Crippen LogP contribution is -2.21. The zero-order valence-corrected chi connectivity index (χ0v) is 11.8. The molecule has 0 fully saturated rings. The minimum atomic E-state index is -0.661. The third-order valence-electron chi connectivity index (χ3n) is 3.74. The number of benzene rings is 2. The summed E-state index contributed by atoms with van der Waals surface area (Å²) in [5.74, 6) is -2.46. The van der Waals surface area contributed by atoms with Crippen molar-refractivity contribution in [3.63, 3.8) is 0 Å². The van der Waals surface area contributed by atoms with E-state index < -0.39 is 23.1 Å². The summed E-state index contributed by atoms with van der Waals surface area (Å²) >= 11 is 0. The molecule has 2 aromatic carbocycles. The van der Waals surface area contributed by atoms with E-state index in [4.69, 9.17) is 4.74 Å². The van der Waals surface area contributed by atoms with Crippen molar-refractivity contribution in [2.24, 2.45) is 0 Å². The number of aromatic hydroxyl groups is 3. The minimum Gasteiger partial charge on any atom is -0.508 e. The molecule has 1 aliphatic rings. The number of carbonyl (C=O) groups is 2. The van der Waals surface area contributed by atoms with Crippen LogP contribution in [-0.2, 0) is 0 Å². The van der Waals surface area contributed by atoms with E-state index in [-0.39, 0.29) is 33.8 Å². The quantitative estimate of drug-likeness (QED) is 0.593. The molecule has 1 aliphatic carbocycles. The maximum atomic E-state index is 12.6. The van der Waals surface area contributed by atoms with Gasteiger partial charge in [0.05, 0.1) is 18.2 Å². The van der Waals surface area contributed by atoms with E-state index in [1.54, 1.807) is 6.92 Å². The molecule has 0 unspecified atom stereocenters. The zero-order valence-electron chi connectivity index (χ0n) is 11.8. The Labute approximate surface area is 125 Å². The van der Waals surface area contributed by atoms with Crippen LogP contribution in [0.4, 0.5) is 0 Å². The van der Waals surface area contributed by atoms with E-state index in [1.807, 2.05) is 0 Å². The highest BCUT2D eigenvalue weighted by molar-refractivity contribution is 6.30. The molecule has 0 bridgehead atoms. The van der Waals surface area contributed by atoms with Crippen molar-refractivity contribution >= 4 is 11.6 Å². The van der Waals surface area contributed by atoms with Gasteiger partial charge in [0, 0.05) is 17.2 Å². The third kappa shape index (κ3) is 1.67. The van der Waals surface area contributed by atoms with Crippen molar-refractivity contribution in [3.8, 4) is 23.0 Å². The van der Waals surface area contributed by atoms with Gasteiger partial charge in [-0.25, -0.2) is 0 Å². The first-order valence-corrected chi connectivity index (χ1v) is 6.42. The summed E-state index contributed by atoms with van der Waals surface area (Å²) in [6, 6.07) is 3.65. The van der Waals surface area contributed by atoms with E-state index in [0.29, 0.717) is 5.56 Å². The fraction of sp³-hybridized carbons (Fsp3) is 0.125. The highest BCUT2D eigenvalue weighted by atomic mass is 16.5. The van der Waals surface area contributed by atoms with Gasteiger partial charge in [0.1, 0.15) is 11.5 Å². The van der Waals surface area contributed by atoms with E-state index >= 15 is 0 Å². The van der Waals surface area contributed by atoms with Gasteiger partial charge in [-0.05, 0) is 24.6 Å². The second kappa shape index (κ2) is 4.49. The molecule has 0 radical (unpaired) electrons. The molecule has 2 aromatic rings. The first kappa shape index (κ1) is 13.9. The summed E-state index contributed by atoms with van der Waals surface area (Å²) in [6.45, 7) is 1.59. The first-order valence-electron chi connectivity index (χ1n) is 6.42. The Morgan fingerprint density at radius 1 is 0.864 bits per heavy atom. The average molecular weight is 300 g/mol. The molecule has 3 rings (SSSR count). The molecule has 0 saturated heterocycles. The number of carbonyl (C=O) groups excluding carboxylic acids is 2. The average Bonchev–Trinajstić information content (AvgIpc) is 2.48. The van der Waals surface area contributed by atoms with Crippen molar-refractivity contribution in [1.29, 1.82) is 0 Å². The normalized spacial score (nSPS) is 12.8. The molecule has 0 atom stereocenters. The number of hydrogen-bond donors (Lipinski definition) is 3. The number of hydrogen-bond acceptors (Lipinski definition) is 6. The summed E-state index contributed by atoms with van der Waals surface area (Å²) in [6.07, 6.45) is 0. The number of fused-ring (bicyclic) bond motifs is 2. The van der Waals surface area contributed by atoms with Gasteiger partial charge in [-0.3, -0.25) is 9.59 Å². The van der Waals surface area contributed by atoms with Crippen LogP contribution in [0.25, 0.3) is 0 Å². The number of ether oxygens (including phenoxy) is 1. The number of aryl methyl sites for hydroxylation is 1. The van der Waals surface area contributed by atoms with Crippen LogP contribution < -0.4 is 4.74 Å². The molecule has 0 saturated carbocycles. The second-order valence-electron chi connectivity index (χ2n) is 5.04. The van der Waals surface area contributed by atoms with Gasteiger partial charge in [0.25, 0.3) is 0 Å². The predicted octanol–water partition coefficient (Wildman–Crippen LogP) is 1.90. The van der Waals surface area contributed by atoms with Gasteiger partial charge >= 0.3 is 0 Å².